The van der Waals surface area contributed by atoms with Crippen LogP contribution in [-0.4, -0.2) is 4.57 Å². The van der Waals surface area contributed by atoms with E-state index in [2.05, 4.69) is 15.9 Å². The lowest BCUT2D eigenvalue weighted by atomic mass is 10.2. The molecule has 0 aliphatic carbocycles. The molecule has 0 amide bonds. The van der Waals surface area contributed by atoms with Gasteiger partial charge in [-0.05, 0) is 36.4 Å². The lowest BCUT2D eigenvalue weighted by Gasteiger charge is -2.08. The third-order valence-electron chi connectivity index (χ3n) is 3.15. The van der Waals surface area contributed by atoms with Crippen LogP contribution in [0.5, 0.6) is 0 Å². The molecule has 0 atom stereocenters. The average Bonchev–Trinajstić information content (AvgIpc) is 2.77. The monoisotopic (exact) mass is 371 g/mol. The molecule has 1 nitrogen and oxygen atoms in total. The summed E-state index contributed by atoms with van der Waals surface area (Å²) in [6.45, 7) is 0.422. The van der Waals surface area contributed by atoms with Crippen molar-refractivity contribution >= 4 is 50.0 Å². The molecular weight excluding hydrogens is 364 g/mol. The first-order chi connectivity index (χ1) is 9.54. The van der Waals surface area contributed by atoms with E-state index in [0.717, 1.165) is 15.4 Å². The molecule has 0 saturated heterocycles. The minimum absolute atomic E-state index is 0.233. The maximum absolute atomic E-state index is 13.8. The van der Waals surface area contributed by atoms with Crippen LogP contribution in [0.25, 0.3) is 10.9 Å². The van der Waals surface area contributed by atoms with Gasteiger partial charge in [0.1, 0.15) is 5.82 Å². The van der Waals surface area contributed by atoms with Crippen molar-refractivity contribution in [3.8, 4) is 0 Å². The van der Waals surface area contributed by atoms with Crippen LogP contribution in [0.3, 0.4) is 0 Å². The highest BCUT2D eigenvalue weighted by molar-refractivity contribution is 9.10. The summed E-state index contributed by atoms with van der Waals surface area (Å²) in [7, 11) is 0. The van der Waals surface area contributed by atoms with E-state index in [9.17, 15) is 4.39 Å². The lowest BCUT2D eigenvalue weighted by Crippen LogP contribution is -2.00. The first-order valence-electron chi connectivity index (χ1n) is 5.92. The summed E-state index contributed by atoms with van der Waals surface area (Å²) in [6.07, 6.45) is 1.88. The van der Waals surface area contributed by atoms with Crippen LogP contribution >= 0.6 is 39.1 Å². The zero-order chi connectivity index (χ0) is 14.3. The fourth-order valence-electron chi connectivity index (χ4n) is 2.20. The number of fused-ring (bicyclic) bond motifs is 1. The molecule has 0 saturated carbocycles. The van der Waals surface area contributed by atoms with Gasteiger partial charge in [-0.1, -0.05) is 39.1 Å². The summed E-state index contributed by atoms with van der Waals surface area (Å²) >= 11 is 15.5. The van der Waals surface area contributed by atoms with Crippen molar-refractivity contribution in [1.29, 1.82) is 0 Å². The summed E-state index contributed by atoms with van der Waals surface area (Å²) in [5, 5.41) is 2.07. The molecule has 20 heavy (non-hydrogen) atoms. The van der Waals surface area contributed by atoms with Gasteiger partial charge in [-0.3, -0.25) is 0 Å². The maximum Gasteiger partial charge on any atom is 0.128 e. The van der Waals surface area contributed by atoms with E-state index in [1.54, 1.807) is 18.2 Å². The summed E-state index contributed by atoms with van der Waals surface area (Å²) in [5.41, 5.74) is 1.50. The summed E-state index contributed by atoms with van der Waals surface area (Å²) in [5.74, 6) is -0.233. The van der Waals surface area contributed by atoms with E-state index >= 15 is 0 Å². The molecule has 1 aromatic heterocycles. The zero-order valence-corrected chi connectivity index (χ0v) is 13.3. The number of hydrogen-bond acceptors (Lipinski definition) is 0. The van der Waals surface area contributed by atoms with E-state index in [1.807, 2.05) is 22.9 Å². The van der Waals surface area contributed by atoms with Gasteiger partial charge in [-0.15, -0.1) is 0 Å². The second-order valence-electron chi connectivity index (χ2n) is 4.50. The third-order valence-corrected chi connectivity index (χ3v) is 4.18. The summed E-state index contributed by atoms with van der Waals surface area (Å²) in [4.78, 5) is 0. The van der Waals surface area contributed by atoms with Crippen LogP contribution in [-0.2, 0) is 6.54 Å². The van der Waals surface area contributed by atoms with Crippen LogP contribution in [0, 0.1) is 5.82 Å². The molecule has 0 spiro atoms. The number of hydrogen-bond donors (Lipinski definition) is 0. The molecule has 3 rings (SSSR count). The van der Waals surface area contributed by atoms with Gasteiger partial charge in [-0.2, -0.15) is 0 Å². The molecule has 0 fully saturated rings. The predicted molar refractivity (Wildman–Crippen MR) is 85.2 cm³/mol. The first kappa shape index (κ1) is 13.9. The van der Waals surface area contributed by atoms with Crippen molar-refractivity contribution in [2.24, 2.45) is 0 Å². The van der Waals surface area contributed by atoms with Crippen molar-refractivity contribution in [2.45, 2.75) is 6.54 Å². The fourth-order valence-corrected chi connectivity index (χ4v) is 3.16. The molecule has 102 valence electrons. The second kappa shape index (κ2) is 5.40. The Morgan fingerprint density at radius 2 is 1.90 bits per heavy atom. The molecule has 1 heterocycles. The smallest absolute Gasteiger partial charge is 0.128 e. The van der Waals surface area contributed by atoms with Gasteiger partial charge in [0.05, 0.1) is 17.1 Å². The number of benzene rings is 2. The van der Waals surface area contributed by atoms with Crippen LogP contribution in [0.4, 0.5) is 4.39 Å². The standard InChI is InChI=1S/C15H9BrCl2FN/c16-10-1-2-14(19)9(5-10)8-20-4-3-12-13(18)6-11(17)7-15(12)20/h1-7H,8H2. The SMILES string of the molecule is Fc1ccc(Br)cc1Cn1ccc2c(Cl)cc(Cl)cc21. The van der Waals surface area contributed by atoms with Crippen molar-refractivity contribution in [2.75, 3.05) is 0 Å². The van der Waals surface area contributed by atoms with Crippen molar-refractivity contribution in [3.63, 3.8) is 0 Å². The van der Waals surface area contributed by atoms with E-state index in [-0.39, 0.29) is 5.82 Å². The summed E-state index contributed by atoms with van der Waals surface area (Å²) < 4.78 is 16.6. The van der Waals surface area contributed by atoms with Gasteiger partial charge in [0.2, 0.25) is 0 Å². The molecule has 0 N–H and O–H groups in total. The van der Waals surface area contributed by atoms with Crippen molar-refractivity contribution in [1.82, 2.24) is 4.57 Å². The van der Waals surface area contributed by atoms with Gasteiger partial charge in [0.25, 0.3) is 0 Å². The molecule has 0 unspecified atom stereocenters. The summed E-state index contributed by atoms with van der Waals surface area (Å²) in [6, 6.07) is 10.3. The molecule has 0 radical (unpaired) electrons. The topological polar surface area (TPSA) is 4.93 Å². The fraction of sp³-hybridized carbons (Fsp3) is 0.0667. The molecule has 3 aromatic rings. The normalized spacial score (nSPS) is 11.2. The van der Waals surface area contributed by atoms with Gasteiger partial charge < -0.3 is 4.57 Å². The van der Waals surface area contributed by atoms with E-state index in [4.69, 9.17) is 23.2 Å². The Labute approximate surface area is 134 Å². The highest BCUT2D eigenvalue weighted by atomic mass is 79.9. The van der Waals surface area contributed by atoms with Crippen molar-refractivity contribution < 1.29 is 4.39 Å². The number of aromatic nitrogens is 1. The predicted octanol–water partition coefficient (Wildman–Crippen LogP) is 5.90. The number of halogens is 4. The van der Waals surface area contributed by atoms with E-state index in [0.29, 0.717) is 22.2 Å². The van der Waals surface area contributed by atoms with E-state index < -0.39 is 0 Å². The highest BCUT2D eigenvalue weighted by Gasteiger charge is 2.09. The lowest BCUT2D eigenvalue weighted by molar-refractivity contribution is 0.601. The van der Waals surface area contributed by atoms with Gasteiger partial charge in [0.15, 0.2) is 0 Å². The Morgan fingerprint density at radius 1 is 1.10 bits per heavy atom. The third kappa shape index (κ3) is 2.58. The molecular formula is C15H9BrCl2FN. The average molecular weight is 373 g/mol. The van der Waals surface area contributed by atoms with Crippen LogP contribution in [0.2, 0.25) is 10.0 Å². The Bertz CT molecular complexity index is 798. The molecule has 5 heteroatoms. The highest BCUT2D eigenvalue weighted by Crippen LogP contribution is 2.29. The number of rotatable bonds is 2. The quantitative estimate of drug-likeness (QED) is 0.527. The van der Waals surface area contributed by atoms with Crippen LogP contribution < -0.4 is 0 Å². The Hall–Kier alpha value is -1.03. The largest absolute Gasteiger partial charge is 0.343 e. The van der Waals surface area contributed by atoms with Crippen LogP contribution in [0.1, 0.15) is 5.56 Å². The Kier molecular flexibility index (Phi) is 3.76. The minimum Gasteiger partial charge on any atom is -0.343 e. The number of nitrogens with zero attached hydrogens (tertiary/aromatic N) is 1. The minimum atomic E-state index is -0.233. The molecule has 2 aromatic carbocycles. The molecule has 0 aliphatic rings. The molecule has 0 aliphatic heterocycles. The maximum atomic E-state index is 13.8. The van der Waals surface area contributed by atoms with Gasteiger partial charge in [0, 0.05) is 26.6 Å². The van der Waals surface area contributed by atoms with Crippen LogP contribution in [0.15, 0.2) is 47.1 Å². The molecule has 0 bridgehead atoms. The van der Waals surface area contributed by atoms with Crippen molar-refractivity contribution in [3.05, 3.63) is 68.5 Å². The van der Waals surface area contributed by atoms with E-state index in [1.165, 1.54) is 6.07 Å². The zero-order valence-electron chi connectivity index (χ0n) is 10.2. The van der Waals surface area contributed by atoms with Gasteiger partial charge in [-0.25, -0.2) is 4.39 Å². The Morgan fingerprint density at radius 3 is 2.70 bits per heavy atom. The second-order valence-corrected chi connectivity index (χ2v) is 6.26. The first-order valence-corrected chi connectivity index (χ1v) is 7.47. The Balaban J connectivity index is 2.09. The van der Waals surface area contributed by atoms with Gasteiger partial charge >= 0.3 is 0 Å².